The highest BCUT2D eigenvalue weighted by molar-refractivity contribution is 5.86. The van der Waals surface area contributed by atoms with Crippen molar-refractivity contribution in [3.05, 3.63) is 0 Å². The Morgan fingerprint density at radius 1 is 1.38 bits per heavy atom. The fraction of sp³-hybridized carbons (Fsp3) is 0.909. The van der Waals surface area contributed by atoms with Crippen LogP contribution >= 0.6 is 0 Å². The Hall–Kier alpha value is -0.370. The van der Waals surface area contributed by atoms with E-state index in [4.69, 9.17) is 0 Å². The van der Waals surface area contributed by atoms with Crippen LogP contribution in [0.1, 0.15) is 47.5 Å². The van der Waals surface area contributed by atoms with Crippen molar-refractivity contribution in [2.45, 2.75) is 53.6 Å². The summed E-state index contributed by atoms with van der Waals surface area (Å²) in [5, 5.41) is 9.78. The van der Waals surface area contributed by atoms with Crippen LogP contribution in [0, 0.1) is 11.3 Å². The van der Waals surface area contributed by atoms with Crippen molar-refractivity contribution in [2.24, 2.45) is 11.3 Å². The number of ketones is 1. The topological polar surface area (TPSA) is 37.3 Å². The molecule has 0 amide bonds. The zero-order valence-electron chi connectivity index (χ0n) is 9.42. The fourth-order valence-electron chi connectivity index (χ4n) is 1.54. The van der Waals surface area contributed by atoms with Crippen LogP contribution in [0.25, 0.3) is 0 Å². The summed E-state index contributed by atoms with van der Waals surface area (Å²) in [6.45, 7) is 9.43. The van der Waals surface area contributed by atoms with E-state index in [9.17, 15) is 9.90 Å². The molecule has 1 unspecified atom stereocenters. The largest absolute Gasteiger partial charge is 0.392 e. The number of aliphatic hydroxyl groups is 1. The second-order valence-electron chi connectivity index (χ2n) is 4.55. The van der Waals surface area contributed by atoms with Gasteiger partial charge in [0.15, 0.2) is 0 Å². The van der Waals surface area contributed by atoms with Crippen molar-refractivity contribution in [1.82, 2.24) is 0 Å². The molecule has 0 aliphatic carbocycles. The molecule has 0 rings (SSSR count). The van der Waals surface area contributed by atoms with Crippen LogP contribution < -0.4 is 0 Å². The number of Topliss-reactive ketones (excluding diaryl/α,β-unsaturated/α-hetero) is 1. The van der Waals surface area contributed by atoms with E-state index in [-0.39, 0.29) is 11.7 Å². The number of hydrogen-bond donors (Lipinski definition) is 1. The maximum Gasteiger partial charge on any atom is 0.143 e. The summed E-state index contributed by atoms with van der Waals surface area (Å²) in [4.78, 5) is 11.7. The van der Waals surface area contributed by atoms with Gasteiger partial charge in [-0.05, 0) is 6.42 Å². The average Bonchev–Trinajstić information content (AvgIpc) is 2.03. The van der Waals surface area contributed by atoms with E-state index in [1.165, 1.54) is 0 Å². The first-order chi connectivity index (χ1) is 5.84. The van der Waals surface area contributed by atoms with E-state index in [1.807, 2.05) is 34.6 Å². The molecule has 0 aromatic rings. The number of rotatable bonds is 5. The second-order valence-corrected chi connectivity index (χ2v) is 4.55. The first-order valence-corrected chi connectivity index (χ1v) is 5.06. The molecule has 0 aromatic carbocycles. The van der Waals surface area contributed by atoms with E-state index >= 15 is 0 Å². The molecule has 0 aromatic heterocycles. The lowest BCUT2D eigenvalue weighted by Gasteiger charge is -2.30. The van der Waals surface area contributed by atoms with Gasteiger partial charge in [-0.1, -0.05) is 41.0 Å². The molecule has 0 bridgehead atoms. The van der Waals surface area contributed by atoms with Gasteiger partial charge in [-0.2, -0.15) is 0 Å². The monoisotopic (exact) mass is 186 g/mol. The Labute approximate surface area is 81.3 Å². The van der Waals surface area contributed by atoms with E-state index in [1.54, 1.807) is 0 Å². The number of hydrogen-bond acceptors (Lipinski definition) is 2. The lowest BCUT2D eigenvalue weighted by atomic mass is 9.76. The van der Waals surface area contributed by atoms with Gasteiger partial charge < -0.3 is 5.11 Å². The summed E-state index contributed by atoms with van der Waals surface area (Å²) in [5.41, 5.74) is -0.593. The summed E-state index contributed by atoms with van der Waals surface area (Å²) in [6, 6.07) is 0. The van der Waals surface area contributed by atoms with Crippen molar-refractivity contribution < 1.29 is 9.90 Å². The van der Waals surface area contributed by atoms with Crippen LogP contribution in [-0.2, 0) is 4.79 Å². The molecule has 13 heavy (non-hydrogen) atoms. The van der Waals surface area contributed by atoms with Crippen LogP contribution in [0.2, 0.25) is 0 Å². The van der Waals surface area contributed by atoms with Crippen molar-refractivity contribution in [3.8, 4) is 0 Å². The van der Waals surface area contributed by atoms with Crippen LogP contribution in [0.4, 0.5) is 0 Å². The average molecular weight is 186 g/mol. The molecule has 2 heteroatoms. The molecule has 0 spiro atoms. The summed E-state index contributed by atoms with van der Waals surface area (Å²) < 4.78 is 0. The van der Waals surface area contributed by atoms with Gasteiger partial charge in [-0.25, -0.2) is 0 Å². The summed E-state index contributed by atoms with van der Waals surface area (Å²) >= 11 is 0. The molecule has 0 heterocycles. The molecule has 0 aliphatic heterocycles. The van der Waals surface area contributed by atoms with E-state index in [0.717, 1.165) is 6.42 Å². The molecule has 78 valence electrons. The van der Waals surface area contributed by atoms with Gasteiger partial charge in [-0.15, -0.1) is 0 Å². The van der Waals surface area contributed by atoms with Gasteiger partial charge in [0.1, 0.15) is 5.78 Å². The smallest absolute Gasteiger partial charge is 0.143 e. The van der Waals surface area contributed by atoms with Gasteiger partial charge in [0.25, 0.3) is 0 Å². The highest BCUT2D eigenvalue weighted by Crippen LogP contribution is 2.28. The predicted molar refractivity (Wildman–Crippen MR) is 54.5 cm³/mol. The molecular formula is C11H22O2. The van der Waals surface area contributed by atoms with Gasteiger partial charge in [0.2, 0.25) is 0 Å². The first-order valence-electron chi connectivity index (χ1n) is 5.06. The molecule has 1 N–H and O–H groups in total. The van der Waals surface area contributed by atoms with E-state index in [2.05, 4.69) is 0 Å². The zero-order valence-corrected chi connectivity index (χ0v) is 9.42. The summed E-state index contributed by atoms with van der Waals surface area (Å²) in [5.74, 6) is 0.148. The Morgan fingerprint density at radius 2 is 1.85 bits per heavy atom. The third-order valence-corrected chi connectivity index (χ3v) is 2.55. The summed E-state index contributed by atoms with van der Waals surface area (Å²) in [7, 11) is 0. The van der Waals surface area contributed by atoms with Gasteiger partial charge in [-0.3, -0.25) is 4.79 Å². The molecule has 1 atom stereocenters. The molecule has 0 aliphatic rings. The van der Waals surface area contributed by atoms with Gasteiger partial charge in [0, 0.05) is 11.3 Å². The predicted octanol–water partition coefficient (Wildman–Crippen LogP) is 2.40. The zero-order chi connectivity index (χ0) is 10.6. The molecule has 2 nitrogen and oxygen atoms in total. The normalized spacial score (nSPS) is 14.7. The minimum Gasteiger partial charge on any atom is -0.392 e. The second kappa shape index (κ2) is 4.75. The van der Waals surface area contributed by atoms with Crippen molar-refractivity contribution in [3.63, 3.8) is 0 Å². The highest BCUT2D eigenvalue weighted by atomic mass is 16.3. The van der Waals surface area contributed by atoms with E-state index < -0.39 is 11.5 Å². The van der Waals surface area contributed by atoms with Crippen molar-refractivity contribution >= 4 is 5.78 Å². The first kappa shape index (κ1) is 12.6. The minimum atomic E-state index is -0.593. The van der Waals surface area contributed by atoms with Crippen molar-refractivity contribution in [2.75, 3.05) is 0 Å². The Balaban J connectivity index is 4.45. The van der Waals surface area contributed by atoms with Gasteiger partial charge in [0.05, 0.1) is 6.10 Å². The third kappa shape index (κ3) is 3.11. The lowest BCUT2D eigenvalue weighted by molar-refractivity contribution is -0.136. The molecular weight excluding hydrogens is 164 g/mol. The third-order valence-electron chi connectivity index (χ3n) is 2.55. The number of carbonyl (C=O) groups is 1. The molecule has 0 radical (unpaired) electrons. The Morgan fingerprint density at radius 3 is 2.15 bits per heavy atom. The Kier molecular flexibility index (Phi) is 4.62. The number of carbonyl (C=O) groups excluding carboxylic acids is 1. The van der Waals surface area contributed by atoms with Crippen LogP contribution in [-0.4, -0.2) is 17.0 Å². The summed E-state index contributed by atoms with van der Waals surface area (Å²) in [6.07, 6.45) is 1.11. The molecule has 0 saturated heterocycles. The molecule has 0 saturated carbocycles. The maximum absolute atomic E-state index is 11.7. The molecule has 0 fully saturated rings. The fourth-order valence-corrected chi connectivity index (χ4v) is 1.54. The SMILES string of the molecule is CCCC(O)C(C)(C)C(=O)C(C)C. The van der Waals surface area contributed by atoms with Crippen molar-refractivity contribution in [1.29, 1.82) is 0 Å². The number of aliphatic hydroxyl groups excluding tert-OH is 1. The van der Waals surface area contributed by atoms with Gasteiger partial charge >= 0.3 is 0 Å². The highest BCUT2D eigenvalue weighted by Gasteiger charge is 2.35. The van der Waals surface area contributed by atoms with Crippen LogP contribution in [0.15, 0.2) is 0 Å². The standard InChI is InChI=1S/C11H22O2/c1-6-7-9(12)11(4,5)10(13)8(2)3/h8-9,12H,6-7H2,1-5H3. The quantitative estimate of drug-likeness (QED) is 0.716. The Bertz CT molecular complexity index is 171. The van der Waals surface area contributed by atoms with E-state index in [0.29, 0.717) is 6.42 Å². The maximum atomic E-state index is 11.7. The van der Waals surface area contributed by atoms with Crippen LogP contribution in [0.5, 0.6) is 0 Å². The minimum absolute atomic E-state index is 0.00139. The van der Waals surface area contributed by atoms with Crippen LogP contribution in [0.3, 0.4) is 0 Å². The lowest BCUT2D eigenvalue weighted by Crippen LogP contribution is -2.39.